The van der Waals surface area contributed by atoms with Crippen molar-refractivity contribution in [3.05, 3.63) is 101 Å². The third-order valence-corrected chi connectivity index (χ3v) is 5.19. The molecule has 4 nitrogen and oxygen atoms in total. The van der Waals surface area contributed by atoms with E-state index >= 15 is 0 Å². The van der Waals surface area contributed by atoms with E-state index in [-0.39, 0.29) is 6.61 Å². The van der Waals surface area contributed by atoms with Crippen LogP contribution in [0, 0.1) is 11.3 Å². The molecule has 0 heterocycles. The summed E-state index contributed by atoms with van der Waals surface area (Å²) in [7, 11) is 0. The van der Waals surface area contributed by atoms with Crippen molar-refractivity contribution in [2.24, 2.45) is 0 Å². The van der Waals surface area contributed by atoms with Crippen LogP contribution in [0.4, 0.5) is 0 Å². The van der Waals surface area contributed by atoms with Gasteiger partial charge in [-0.1, -0.05) is 61.5 Å². The fourth-order valence-electron chi connectivity index (χ4n) is 3.36. The Morgan fingerprint density at radius 1 is 0.966 bits per heavy atom. The maximum absolute atomic E-state index is 10.1. The van der Waals surface area contributed by atoms with Crippen molar-refractivity contribution < 1.29 is 9.84 Å². The third-order valence-electron chi connectivity index (χ3n) is 5.19. The lowest BCUT2D eigenvalue weighted by Crippen LogP contribution is -2.44. The van der Waals surface area contributed by atoms with Gasteiger partial charge in [-0.05, 0) is 47.4 Å². The number of nitriles is 1. The minimum Gasteiger partial charge on any atom is -0.489 e. The van der Waals surface area contributed by atoms with E-state index in [4.69, 9.17) is 10.00 Å². The Labute approximate surface area is 172 Å². The molecule has 0 aromatic heterocycles. The number of nitrogens with zero attached hydrogens (tertiary/aromatic N) is 1. The van der Waals surface area contributed by atoms with Crippen molar-refractivity contribution in [1.82, 2.24) is 5.32 Å². The first-order chi connectivity index (χ1) is 14.2. The average molecular weight is 386 g/mol. The van der Waals surface area contributed by atoms with Gasteiger partial charge in [0.05, 0.1) is 23.8 Å². The molecule has 0 fully saturated rings. The summed E-state index contributed by atoms with van der Waals surface area (Å²) < 4.78 is 5.91. The fraction of sp³-hybridized carbons (Fsp3) is 0.240. The minimum absolute atomic E-state index is 0.0267. The number of ether oxygens (including phenoxy) is 1. The Hall–Kier alpha value is -3.13. The molecule has 148 valence electrons. The van der Waals surface area contributed by atoms with Crippen LogP contribution < -0.4 is 10.1 Å². The molecule has 4 heteroatoms. The van der Waals surface area contributed by atoms with Crippen molar-refractivity contribution in [1.29, 1.82) is 5.26 Å². The van der Waals surface area contributed by atoms with Crippen LogP contribution in [0.1, 0.15) is 35.6 Å². The smallest absolute Gasteiger partial charge is 0.120 e. The number of rotatable bonds is 9. The molecular weight excluding hydrogens is 360 g/mol. The van der Waals surface area contributed by atoms with Gasteiger partial charge >= 0.3 is 0 Å². The Balaban J connectivity index is 1.67. The van der Waals surface area contributed by atoms with Crippen LogP contribution in [0.25, 0.3) is 0 Å². The first-order valence-electron chi connectivity index (χ1n) is 9.81. The van der Waals surface area contributed by atoms with E-state index < -0.39 is 5.54 Å². The molecule has 0 amide bonds. The van der Waals surface area contributed by atoms with Crippen LogP contribution in [0.3, 0.4) is 0 Å². The molecule has 1 atom stereocenters. The maximum atomic E-state index is 10.1. The van der Waals surface area contributed by atoms with Crippen molar-refractivity contribution in [2.45, 2.75) is 32.0 Å². The molecule has 3 aromatic rings. The maximum Gasteiger partial charge on any atom is 0.120 e. The van der Waals surface area contributed by atoms with Gasteiger partial charge in [0.1, 0.15) is 12.4 Å². The van der Waals surface area contributed by atoms with Gasteiger partial charge < -0.3 is 15.2 Å². The summed E-state index contributed by atoms with van der Waals surface area (Å²) in [6, 6.07) is 27.6. The molecule has 0 aliphatic heterocycles. The molecule has 0 radical (unpaired) electrons. The highest BCUT2D eigenvalue weighted by atomic mass is 16.5. The SMILES string of the molecule is CC[C@](CO)(NCc1cccc(OCc2cccc(C#N)c2)c1)c1ccccc1. The molecule has 0 aliphatic rings. The normalized spacial score (nSPS) is 12.7. The highest BCUT2D eigenvalue weighted by Crippen LogP contribution is 2.25. The second-order valence-corrected chi connectivity index (χ2v) is 7.06. The van der Waals surface area contributed by atoms with Crippen molar-refractivity contribution in [3.63, 3.8) is 0 Å². The lowest BCUT2D eigenvalue weighted by atomic mass is 9.87. The van der Waals surface area contributed by atoms with Gasteiger partial charge in [0.15, 0.2) is 0 Å². The lowest BCUT2D eigenvalue weighted by molar-refractivity contribution is 0.154. The van der Waals surface area contributed by atoms with Crippen LogP contribution in [-0.2, 0) is 18.7 Å². The molecule has 0 aliphatic carbocycles. The number of nitrogens with one attached hydrogen (secondary N) is 1. The molecule has 0 saturated carbocycles. The summed E-state index contributed by atoms with van der Waals surface area (Å²) in [6.45, 7) is 3.13. The van der Waals surface area contributed by atoms with E-state index in [1.165, 1.54) is 0 Å². The van der Waals surface area contributed by atoms with Crippen LogP contribution in [0.2, 0.25) is 0 Å². The number of benzene rings is 3. The molecule has 0 spiro atoms. The molecule has 3 rings (SSSR count). The number of hydrogen-bond donors (Lipinski definition) is 2. The zero-order valence-electron chi connectivity index (χ0n) is 16.6. The van der Waals surface area contributed by atoms with Gasteiger partial charge in [-0.3, -0.25) is 0 Å². The molecule has 2 N–H and O–H groups in total. The van der Waals surface area contributed by atoms with Gasteiger partial charge in [0, 0.05) is 6.54 Å². The van der Waals surface area contributed by atoms with E-state index in [9.17, 15) is 5.11 Å². The number of hydrogen-bond acceptors (Lipinski definition) is 4. The van der Waals surface area contributed by atoms with E-state index in [0.29, 0.717) is 18.7 Å². The third kappa shape index (κ3) is 5.23. The van der Waals surface area contributed by atoms with Crippen LogP contribution in [0.15, 0.2) is 78.9 Å². The van der Waals surface area contributed by atoms with Gasteiger partial charge in [0.25, 0.3) is 0 Å². The second kappa shape index (κ2) is 9.88. The standard InChI is InChI=1S/C25H26N2O2/c1-2-25(19-28,23-11-4-3-5-12-23)27-17-21-9-7-13-24(15-21)29-18-22-10-6-8-20(14-22)16-26/h3-15,27-28H,2,17-19H2,1H3/t25-/m1/s1. The van der Waals surface area contributed by atoms with Gasteiger partial charge in [-0.25, -0.2) is 0 Å². The first kappa shape index (κ1) is 20.6. The van der Waals surface area contributed by atoms with Crippen molar-refractivity contribution >= 4 is 0 Å². The van der Waals surface area contributed by atoms with Crippen LogP contribution in [-0.4, -0.2) is 11.7 Å². The summed E-state index contributed by atoms with van der Waals surface area (Å²) in [5, 5.41) is 22.7. The zero-order valence-corrected chi connectivity index (χ0v) is 16.6. The first-order valence-corrected chi connectivity index (χ1v) is 9.81. The largest absolute Gasteiger partial charge is 0.489 e. The summed E-state index contributed by atoms with van der Waals surface area (Å²) in [5.74, 6) is 0.775. The molecule has 0 unspecified atom stereocenters. The minimum atomic E-state index is -0.476. The van der Waals surface area contributed by atoms with E-state index in [1.807, 2.05) is 72.8 Å². The number of aliphatic hydroxyl groups is 1. The predicted molar refractivity (Wildman–Crippen MR) is 114 cm³/mol. The molecule has 0 bridgehead atoms. The quantitative estimate of drug-likeness (QED) is 0.567. The molecule has 3 aromatic carbocycles. The van der Waals surface area contributed by atoms with E-state index in [2.05, 4.69) is 18.3 Å². The lowest BCUT2D eigenvalue weighted by Gasteiger charge is -2.33. The Bertz CT molecular complexity index is 960. The highest BCUT2D eigenvalue weighted by Gasteiger charge is 2.28. The van der Waals surface area contributed by atoms with Gasteiger partial charge in [0.2, 0.25) is 0 Å². The monoisotopic (exact) mass is 386 g/mol. The molecular formula is C25H26N2O2. The Morgan fingerprint density at radius 3 is 2.45 bits per heavy atom. The Kier molecular flexibility index (Phi) is 7.02. The fourth-order valence-corrected chi connectivity index (χ4v) is 3.36. The average Bonchev–Trinajstić information content (AvgIpc) is 2.80. The Morgan fingerprint density at radius 2 is 1.72 bits per heavy atom. The van der Waals surface area contributed by atoms with Crippen LogP contribution in [0.5, 0.6) is 5.75 Å². The highest BCUT2D eigenvalue weighted by molar-refractivity contribution is 5.34. The molecule has 0 saturated heterocycles. The summed E-state index contributed by atoms with van der Waals surface area (Å²) in [6.07, 6.45) is 0.777. The molecule has 29 heavy (non-hydrogen) atoms. The van der Waals surface area contributed by atoms with Crippen molar-refractivity contribution in [2.75, 3.05) is 6.61 Å². The summed E-state index contributed by atoms with van der Waals surface area (Å²) >= 11 is 0. The second-order valence-electron chi connectivity index (χ2n) is 7.06. The van der Waals surface area contributed by atoms with Crippen molar-refractivity contribution in [3.8, 4) is 11.8 Å². The topological polar surface area (TPSA) is 65.3 Å². The van der Waals surface area contributed by atoms with Gasteiger partial charge in [-0.2, -0.15) is 5.26 Å². The summed E-state index contributed by atoms with van der Waals surface area (Å²) in [5.41, 5.74) is 3.27. The van der Waals surface area contributed by atoms with Gasteiger partial charge in [-0.15, -0.1) is 0 Å². The van der Waals surface area contributed by atoms with E-state index in [0.717, 1.165) is 28.9 Å². The zero-order chi connectivity index (χ0) is 20.5. The van der Waals surface area contributed by atoms with Crippen LogP contribution >= 0.6 is 0 Å². The van der Waals surface area contributed by atoms with E-state index in [1.54, 1.807) is 6.07 Å². The number of aliphatic hydroxyl groups excluding tert-OH is 1. The predicted octanol–water partition coefficient (Wildman–Crippen LogP) is 4.52. The summed E-state index contributed by atoms with van der Waals surface area (Å²) in [4.78, 5) is 0.